The zero-order chi connectivity index (χ0) is 16.4. The average molecular weight is 345 g/mol. The molecule has 0 N–H and O–H groups in total. The second kappa shape index (κ2) is 6.69. The van der Waals surface area contributed by atoms with Crippen molar-refractivity contribution in [2.75, 3.05) is 0 Å². The monoisotopic (exact) mass is 344 g/mol. The standard InChI is InChI=1S/C18H17ClN2OS/c1-13-8-10-16(11-9-13)23(22)12-17-14(2)20-21(18(17)19)15-6-4-3-5-7-15/h3-11H,12H2,1-2H3/t23-/m1/s1. The van der Waals surface area contributed by atoms with Gasteiger partial charge in [-0.25, -0.2) is 4.68 Å². The number of aromatic nitrogens is 2. The van der Waals surface area contributed by atoms with E-state index in [9.17, 15) is 4.21 Å². The van der Waals surface area contributed by atoms with E-state index in [4.69, 9.17) is 11.6 Å². The third-order valence-electron chi connectivity index (χ3n) is 3.68. The zero-order valence-corrected chi connectivity index (χ0v) is 14.6. The summed E-state index contributed by atoms with van der Waals surface area (Å²) in [4.78, 5) is 0.804. The molecule has 3 aromatic rings. The summed E-state index contributed by atoms with van der Waals surface area (Å²) in [5.74, 6) is 0.362. The van der Waals surface area contributed by atoms with Crippen molar-refractivity contribution < 1.29 is 4.21 Å². The molecule has 0 fully saturated rings. The number of halogens is 1. The summed E-state index contributed by atoms with van der Waals surface area (Å²) in [6.45, 7) is 3.91. The van der Waals surface area contributed by atoms with Gasteiger partial charge < -0.3 is 0 Å². The fourth-order valence-corrected chi connectivity index (χ4v) is 3.97. The van der Waals surface area contributed by atoms with Gasteiger partial charge in [-0.2, -0.15) is 5.10 Å². The Morgan fingerprint density at radius 1 is 1.04 bits per heavy atom. The molecule has 0 saturated carbocycles. The van der Waals surface area contributed by atoms with Crippen molar-refractivity contribution >= 4 is 22.4 Å². The SMILES string of the molecule is Cc1ccc([S@](=O)Cc2c(C)nn(-c3ccccc3)c2Cl)cc1. The van der Waals surface area contributed by atoms with Crippen molar-refractivity contribution in [1.29, 1.82) is 0 Å². The first-order valence-corrected chi connectivity index (χ1v) is 9.00. The lowest BCUT2D eigenvalue weighted by atomic mass is 10.2. The van der Waals surface area contributed by atoms with Crippen molar-refractivity contribution in [3.05, 3.63) is 76.6 Å². The van der Waals surface area contributed by atoms with Crippen molar-refractivity contribution in [3.63, 3.8) is 0 Å². The van der Waals surface area contributed by atoms with Crippen LogP contribution in [0.5, 0.6) is 0 Å². The minimum Gasteiger partial charge on any atom is -0.254 e. The van der Waals surface area contributed by atoms with Crippen LogP contribution in [0, 0.1) is 13.8 Å². The van der Waals surface area contributed by atoms with Crippen LogP contribution in [0.15, 0.2) is 59.5 Å². The maximum Gasteiger partial charge on any atom is 0.137 e. The number of hydrogen-bond donors (Lipinski definition) is 0. The molecule has 0 aliphatic carbocycles. The molecule has 3 nitrogen and oxygen atoms in total. The van der Waals surface area contributed by atoms with Gasteiger partial charge in [0.25, 0.3) is 0 Å². The molecule has 3 rings (SSSR count). The molecule has 0 spiro atoms. The zero-order valence-electron chi connectivity index (χ0n) is 13.0. The summed E-state index contributed by atoms with van der Waals surface area (Å²) in [5, 5.41) is 5.01. The summed E-state index contributed by atoms with van der Waals surface area (Å²) in [7, 11) is -1.14. The first-order valence-electron chi connectivity index (χ1n) is 7.30. The second-order valence-corrected chi connectivity index (χ2v) is 7.21. The summed E-state index contributed by atoms with van der Waals surface area (Å²) in [5.41, 5.74) is 3.68. The number of rotatable bonds is 4. The fourth-order valence-electron chi connectivity index (χ4n) is 2.34. The van der Waals surface area contributed by atoms with Gasteiger partial charge in [0.15, 0.2) is 0 Å². The molecular formula is C18H17ClN2OS. The van der Waals surface area contributed by atoms with Gasteiger partial charge in [0.2, 0.25) is 0 Å². The Morgan fingerprint density at radius 3 is 2.35 bits per heavy atom. The summed E-state index contributed by atoms with van der Waals surface area (Å²) in [6.07, 6.45) is 0. The van der Waals surface area contributed by atoms with Crippen molar-refractivity contribution in [2.45, 2.75) is 24.5 Å². The van der Waals surface area contributed by atoms with Gasteiger partial charge in [0.05, 0.1) is 27.9 Å². The van der Waals surface area contributed by atoms with Crippen LogP contribution < -0.4 is 0 Å². The molecule has 0 saturated heterocycles. The van der Waals surface area contributed by atoms with Crippen LogP contribution in [0.3, 0.4) is 0 Å². The Kier molecular flexibility index (Phi) is 4.64. The highest BCUT2D eigenvalue weighted by Crippen LogP contribution is 2.26. The van der Waals surface area contributed by atoms with Crippen LogP contribution in [-0.2, 0) is 16.6 Å². The lowest BCUT2D eigenvalue weighted by molar-refractivity contribution is 0.682. The molecule has 118 valence electrons. The minimum absolute atomic E-state index is 0.362. The predicted molar refractivity (Wildman–Crippen MR) is 94.6 cm³/mol. The predicted octanol–water partition coefficient (Wildman–Crippen LogP) is 4.45. The molecule has 5 heteroatoms. The number of para-hydroxylation sites is 1. The Bertz CT molecular complexity index is 841. The van der Waals surface area contributed by atoms with Crippen LogP contribution >= 0.6 is 11.6 Å². The van der Waals surface area contributed by atoms with E-state index in [1.54, 1.807) is 4.68 Å². The highest BCUT2D eigenvalue weighted by atomic mass is 35.5. The van der Waals surface area contributed by atoms with Crippen LogP contribution in [-0.4, -0.2) is 14.0 Å². The third kappa shape index (κ3) is 3.38. The molecule has 1 atom stereocenters. The van der Waals surface area contributed by atoms with Gasteiger partial charge in [-0.1, -0.05) is 47.5 Å². The maximum absolute atomic E-state index is 12.6. The van der Waals surface area contributed by atoms with Gasteiger partial charge >= 0.3 is 0 Å². The average Bonchev–Trinajstić information content (AvgIpc) is 2.84. The molecular weight excluding hydrogens is 328 g/mol. The summed E-state index contributed by atoms with van der Waals surface area (Å²) >= 11 is 6.49. The van der Waals surface area contributed by atoms with Crippen LogP contribution in [0.25, 0.3) is 5.69 Å². The third-order valence-corrected chi connectivity index (χ3v) is 5.42. The van der Waals surface area contributed by atoms with Crippen LogP contribution in [0.4, 0.5) is 0 Å². The van der Waals surface area contributed by atoms with Gasteiger partial charge in [-0.05, 0) is 38.1 Å². The minimum atomic E-state index is -1.14. The van der Waals surface area contributed by atoms with Gasteiger partial charge in [0, 0.05) is 10.5 Å². The molecule has 2 aromatic carbocycles. The summed E-state index contributed by atoms with van der Waals surface area (Å²) in [6, 6.07) is 17.4. The molecule has 1 heterocycles. The molecule has 23 heavy (non-hydrogen) atoms. The molecule has 0 aliphatic heterocycles. The van der Waals surface area contributed by atoms with E-state index in [1.165, 1.54) is 0 Å². The van der Waals surface area contributed by atoms with E-state index in [0.29, 0.717) is 10.9 Å². The number of aryl methyl sites for hydroxylation is 2. The van der Waals surface area contributed by atoms with E-state index < -0.39 is 10.8 Å². The number of hydrogen-bond acceptors (Lipinski definition) is 2. The Morgan fingerprint density at radius 2 is 1.70 bits per heavy atom. The molecule has 0 aliphatic rings. The molecule has 0 radical (unpaired) electrons. The fraction of sp³-hybridized carbons (Fsp3) is 0.167. The summed E-state index contributed by atoms with van der Waals surface area (Å²) < 4.78 is 14.3. The van der Waals surface area contributed by atoms with Crippen LogP contribution in [0.1, 0.15) is 16.8 Å². The van der Waals surface area contributed by atoms with Crippen molar-refractivity contribution in [2.24, 2.45) is 0 Å². The topological polar surface area (TPSA) is 34.9 Å². The Labute approximate surface area is 143 Å². The lowest BCUT2D eigenvalue weighted by Gasteiger charge is -2.04. The smallest absolute Gasteiger partial charge is 0.137 e. The normalized spacial score (nSPS) is 12.3. The molecule has 1 aromatic heterocycles. The quantitative estimate of drug-likeness (QED) is 0.700. The van der Waals surface area contributed by atoms with E-state index in [-0.39, 0.29) is 0 Å². The second-order valence-electron chi connectivity index (χ2n) is 5.41. The Hall–Kier alpha value is -1.91. The number of nitrogens with zero attached hydrogens (tertiary/aromatic N) is 2. The lowest BCUT2D eigenvalue weighted by Crippen LogP contribution is -1.99. The van der Waals surface area contributed by atoms with Crippen LogP contribution in [0.2, 0.25) is 5.15 Å². The van der Waals surface area contributed by atoms with E-state index in [2.05, 4.69) is 5.10 Å². The maximum atomic E-state index is 12.6. The highest BCUT2D eigenvalue weighted by molar-refractivity contribution is 7.84. The largest absolute Gasteiger partial charge is 0.254 e. The van der Waals surface area contributed by atoms with E-state index in [1.807, 2.05) is 68.4 Å². The molecule has 0 bridgehead atoms. The first kappa shape index (κ1) is 16.0. The van der Waals surface area contributed by atoms with Crippen molar-refractivity contribution in [1.82, 2.24) is 9.78 Å². The molecule has 0 unspecified atom stereocenters. The van der Waals surface area contributed by atoms with E-state index >= 15 is 0 Å². The van der Waals surface area contributed by atoms with Crippen molar-refractivity contribution in [3.8, 4) is 5.69 Å². The Balaban J connectivity index is 1.90. The highest BCUT2D eigenvalue weighted by Gasteiger charge is 2.17. The van der Waals surface area contributed by atoms with Gasteiger partial charge in [0.1, 0.15) is 5.15 Å². The number of benzene rings is 2. The van der Waals surface area contributed by atoms with E-state index in [0.717, 1.165) is 27.4 Å². The van der Waals surface area contributed by atoms with Gasteiger partial charge in [-0.3, -0.25) is 4.21 Å². The van der Waals surface area contributed by atoms with Gasteiger partial charge in [-0.15, -0.1) is 0 Å². The molecule has 0 amide bonds. The first-order chi connectivity index (χ1) is 11.1.